The lowest BCUT2D eigenvalue weighted by atomic mass is 10.0. The minimum absolute atomic E-state index is 0.0780. The minimum Gasteiger partial charge on any atom is -0.481 e. The Morgan fingerprint density at radius 2 is 2.17 bits per heavy atom. The summed E-state index contributed by atoms with van der Waals surface area (Å²) in [6.45, 7) is 1.13. The van der Waals surface area contributed by atoms with Gasteiger partial charge in [0.2, 0.25) is 0 Å². The van der Waals surface area contributed by atoms with Crippen LogP contribution in [0.5, 0.6) is 0 Å². The highest BCUT2D eigenvalue weighted by Gasteiger charge is 2.29. The number of urea groups is 1. The molecular weight excluding hydrogens is 294 g/mol. The first-order valence-corrected chi connectivity index (χ1v) is 8.02. The molecule has 1 saturated heterocycles. The summed E-state index contributed by atoms with van der Waals surface area (Å²) in [5, 5.41) is 11.5. The van der Waals surface area contributed by atoms with Gasteiger partial charge in [-0.25, -0.2) is 4.79 Å². The molecule has 1 aliphatic rings. The van der Waals surface area contributed by atoms with Crippen LogP contribution >= 0.6 is 0 Å². The van der Waals surface area contributed by atoms with Gasteiger partial charge >= 0.3 is 12.0 Å². The predicted octanol–water partition coefficient (Wildman–Crippen LogP) is 2.46. The van der Waals surface area contributed by atoms with Gasteiger partial charge in [0, 0.05) is 39.3 Å². The van der Waals surface area contributed by atoms with Crippen molar-refractivity contribution in [2.24, 2.45) is 0 Å². The minimum atomic E-state index is -0.834. The van der Waals surface area contributed by atoms with Crippen LogP contribution < -0.4 is 10.2 Å². The molecule has 1 aromatic rings. The van der Waals surface area contributed by atoms with Gasteiger partial charge in [0.25, 0.3) is 0 Å². The van der Waals surface area contributed by atoms with E-state index in [1.54, 1.807) is 0 Å². The largest absolute Gasteiger partial charge is 0.481 e. The normalized spacial score (nSPS) is 17.1. The third-order valence-corrected chi connectivity index (χ3v) is 4.13. The number of carboxylic acids is 1. The van der Waals surface area contributed by atoms with Gasteiger partial charge in [0.1, 0.15) is 0 Å². The molecule has 0 aliphatic carbocycles. The van der Waals surface area contributed by atoms with Crippen molar-refractivity contribution in [2.75, 3.05) is 32.1 Å². The van der Waals surface area contributed by atoms with Crippen LogP contribution in [0.3, 0.4) is 0 Å². The molecule has 0 bridgehead atoms. The Morgan fingerprint density at radius 1 is 1.39 bits per heavy atom. The molecular formula is C17H25N3O3. The van der Waals surface area contributed by atoms with Crippen LogP contribution in [0.2, 0.25) is 0 Å². The summed E-state index contributed by atoms with van der Waals surface area (Å²) in [4.78, 5) is 26.8. The molecule has 0 saturated carbocycles. The number of amides is 2. The van der Waals surface area contributed by atoms with E-state index in [1.165, 1.54) is 0 Å². The van der Waals surface area contributed by atoms with Gasteiger partial charge in [-0.3, -0.25) is 4.79 Å². The van der Waals surface area contributed by atoms with Crippen molar-refractivity contribution in [2.45, 2.75) is 31.7 Å². The van der Waals surface area contributed by atoms with Crippen molar-refractivity contribution in [3.8, 4) is 0 Å². The summed E-state index contributed by atoms with van der Waals surface area (Å²) in [6.07, 6.45) is 2.48. The fraction of sp³-hybridized carbons (Fsp3) is 0.529. The predicted molar refractivity (Wildman–Crippen MR) is 89.7 cm³/mol. The SMILES string of the molecule is CN(C)c1cccc(C2CCCN2C(=O)NCCCC(=O)O)c1. The molecule has 126 valence electrons. The van der Waals surface area contributed by atoms with E-state index in [1.807, 2.05) is 25.1 Å². The van der Waals surface area contributed by atoms with Crippen molar-refractivity contribution >= 4 is 17.7 Å². The van der Waals surface area contributed by atoms with Crippen molar-refractivity contribution in [1.82, 2.24) is 10.2 Å². The van der Waals surface area contributed by atoms with Crippen molar-refractivity contribution < 1.29 is 14.7 Å². The second kappa shape index (κ2) is 7.85. The molecule has 0 spiro atoms. The molecule has 1 heterocycles. The van der Waals surface area contributed by atoms with Gasteiger partial charge in [-0.2, -0.15) is 0 Å². The van der Waals surface area contributed by atoms with E-state index in [0.717, 1.165) is 30.6 Å². The number of rotatable bonds is 6. The van der Waals surface area contributed by atoms with E-state index in [0.29, 0.717) is 13.0 Å². The van der Waals surface area contributed by atoms with Crippen LogP contribution in [0.25, 0.3) is 0 Å². The summed E-state index contributed by atoms with van der Waals surface area (Å²) in [7, 11) is 4.00. The van der Waals surface area contributed by atoms with E-state index in [9.17, 15) is 9.59 Å². The zero-order chi connectivity index (χ0) is 16.8. The Bertz CT molecular complexity index is 560. The maximum absolute atomic E-state index is 12.3. The highest BCUT2D eigenvalue weighted by Crippen LogP contribution is 2.33. The molecule has 0 aromatic heterocycles. The molecule has 6 heteroatoms. The number of aliphatic carboxylic acids is 1. The van der Waals surface area contributed by atoms with Gasteiger partial charge in [0.05, 0.1) is 6.04 Å². The van der Waals surface area contributed by atoms with Crippen LogP contribution in [0.4, 0.5) is 10.5 Å². The number of hydrogen-bond donors (Lipinski definition) is 2. The average molecular weight is 319 g/mol. The molecule has 6 nitrogen and oxygen atoms in total. The fourth-order valence-corrected chi connectivity index (χ4v) is 2.90. The summed E-state index contributed by atoms with van der Waals surface area (Å²) in [5.41, 5.74) is 2.27. The van der Waals surface area contributed by atoms with E-state index < -0.39 is 5.97 Å². The summed E-state index contributed by atoms with van der Waals surface area (Å²) in [5.74, 6) is -0.834. The van der Waals surface area contributed by atoms with Crippen molar-refractivity contribution in [3.63, 3.8) is 0 Å². The van der Waals surface area contributed by atoms with Gasteiger partial charge in [-0.05, 0) is 37.0 Å². The maximum Gasteiger partial charge on any atom is 0.317 e. The molecule has 2 N–H and O–H groups in total. The van der Waals surface area contributed by atoms with E-state index in [2.05, 4.69) is 28.4 Å². The lowest BCUT2D eigenvalue weighted by molar-refractivity contribution is -0.137. The van der Waals surface area contributed by atoms with E-state index in [-0.39, 0.29) is 18.5 Å². The van der Waals surface area contributed by atoms with Crippen molar-refractivity contribution in [1.29, 1.82) is 0 Å². The molecule has 23 heavy (non-hydrogen) atoms. The van der Waals surface area contributed by atoms with E-state index in [4.69, 9.17) is 5.11 Å². The second-order valence-electron chi connectivity index (χ2n) is 6.07. The van der Waals surface area contributed by atoms with Gasteiger partial charge in [0.15, 0.2) is 0 Å². The molecule has 1 aliphatic heterocycles. The first kappa shape index (κ1) is 17.1. The first-order valence-electron chi connectivity index (χ1n) is 8.02. The number of nitrogens with zero attached hydrogens (tertiary/aromatic N) is 2. The van der Waals surface area contributed by atoms with Crippen LogP contribution in [0.1, 0.15) is 37.3 Å². The van der Waals surface area contributed by atoms with Crippen LogP contribution in [-0.4, -0.2) is 49.2 Å². The lowest BCUT2D eigenvalue weighted by Gasteiger charge is -2.26. The number of nitrogens with one attached hydrogen (secondary N) is 1. The summed E-state index contributed by atoms with van der Waals surface area (Å²) >= 11 is 0. The zero-order valence-corrected chi connectivity index (χ0v) is 13.8. The quantitative estimate of drug-likeness (QED) is 0.790. The maximum atomic E-state index is 12.3. The summed E-state index contributed by atoms with van der Waals surface area (Å²) < 4.78 is 0. The highest BCUT2D eigenvalue weighted by atomic mass is 16.4. The second-order valence-corrected chi connectivity index (χ2v) is 6.07. The Morgan fingerprint density at radius 3 is 2.87 bits per heavy atom. The Balaban J connectivity index is 1.98. The number of likely N-dealkylation sites (tertiary alicyclic amines) is 1. The molecule has 1 atom stereocenters. The molecule has 1 fully saturated rings. The lowest BCUT2D eigenvalue weighted by Crippen LogP contribution is -2.40. The molecule has 1 unspecified atom stereocenters. The number of hydrogen-bond acceptors (Lipinski definition) is 3. The molecule has 2 amide bonds. The van der Waals surface area contributed by atoms with Crippen molar-refractivity contribution in [3.05, 3.63) is 29.8 Å². The van der Waals surface area contributed by atoms with Crippen LogP contribution in [0, 0.1) is 0 Å². The molecule has 0 radical (unpaired) electrons. The first-order chi connectivity index (χ1) is 11.0. The third kappa shape index (κ3) is 4.61. The Hall–Kier alpha value is -2.24. The third-order valence-electron chi connectivity index (χ3n) is 4.13. The Kier molecular flexibility index (Phi) is 5.84. The number of anilines is 1. The van der Waals surface area contributed by atoms with Gasteiger partial charge in [-0.15, -0.1) is 0 Å². The Labute approximate surface area is 137 Å². The zero-order valence-electron chi connectivity index (χ0n) is 13.8. The molecule has 1 aromatic carbocycles. The topological polar surface area (TPSA) is 72.9 Å². The fourth-order valence-electron chi connectivity index (χ4n) is 2.90. The number of carbonyl (C=O) groups excluding carboxylic acids is 1. The highest BCUT2D eigenvalue weighted by molar-refractivity contribution is 5.75. The van der Waals surface area contributed by atoms with E-state index >= 15 is 0 Å². The van der Waals surface area contributed by atoms with Gasteiger partial charge in [-0.1, -0.05) is 12.1 Å². The summed E-state index contributed by atoms with van der Waals surface area (Å²) in [6, 6.07) is 8.25. The monoisotopic (exact) mass is 319 g/mol. The number of carboxylic acid groups (broad SMARTS) is 1. The number of carbonyl (C=O) groups is 2. The van der Waals surface area contributed by atoms with Crippen LogP contribution in [0.15, 0.2) is 24.3 Å². The van der Waals surface area contributed by atoms with Crippen LogP contribution in [-0.2, 0) is 4.79 Å². The van der Waals surface area contributed by atoms with Gasteiger partial charge < -0.3 is 20.2 Å². The average Bonchev–Trinajstić information content (AvgIpc) is 3.01. The molecule has 2 rings (SSSR count). The number of benzene rings is 1. The smallest absolute Gasteiger partial charge is 0.317 e. The standard InChI is InChI=1S/C17H25N3O3/c1-19(2)14-7-3-6-13(12-14)15-8-5-11-20(15)17(23)18-10-4-9-16(21)22/h3,6-7,12,15H,4-5,8-11H2,1-2H3,(H,18,23)(H,21,22).